The van der Waals surface area contributed by atoms with Gasteiger partial charge in [-0.3, -0.25) is 14.3 Å². The number of carbonyl (C=O) groups excluding carboxylic acids is 2. The van der Waals surface area contributed by atoms with Gasteiger partial charge in [0, 0.05) is 37.5 Å². The Labute approximate surface area is 192 Å². The van der Waals surface area contributed by atoms with E-state index in [1.807, 2.05) is 19.1 Å². The summed E-state index contributed by atoms with van der Waals surface area (Å²) >= 11 is 0. The number of amides is 2. The molecule has 33 heavy (non-hydrogen) atoms. The van der Waals surface area contributed by atoms with Gasteiger partial charge in [0.2, 0.25) is 5.91 Å². The van der Waals surface area contributed by atoms with Crippen LogP contribution in [0.15, 0.2) is 46.5 Å². The van der Waals surface area contributed by atoms with Gasteiger partial charge in [0.1, 0.15) is 12.2 Å². The first-order chi connectivity index (χ1) is 15.6. The van der Waals surface area contributed by atoms with Gasteiger partial charge in [-0.2, -0.15) is 13.5 Å². The molecule has 0 aliphatic carbocycles. The predicted octanol–water partition coefficient (Wildman–Crippen LogP) is 1.62. The molecule has 1 N–H and O–H groups in total. The summed E-state index contributed by atoms with van der Waals surface area (Å²) in [5.74, 6) is -0.426. The summed E-state index contributed by atoms with van der Waals surface area (Å²) in [5.41, 5.74) is 2.41. The molecular formula is C22H26N6O4S. The molecule has 1 fully saturated rings. The minimum absolute atomic E-state index is 0.0173. The fourth-order valence-corrected chi connectivity index (χ4v) is 4.65. The molecule has 2 amide bonds. The smallest absolute Gasteiger partial charge is 0.341 e. The molecule has 10 nitrogen and oxygen atoms in total. The number of anilines is 1. The van der Waals surface area contributed by atoms with E-state index in [9.17, 15) is 18.0 Å². The third kappa shape index (κ3) is 4.82. The minimum Gasteiger partial charge on any atom is -0.341 e. The van der Waals surface area contributed by atoms with Crippen molar-refractivity contribution in [3.05, 3.63) is 58.9 Å². The van der Waals surface area contributed by atoms with Crippen molar-refractivity contribution < 1.29 is 18.0 Å². The maximum Gasteiger partial charge on any atom is 0.345 e. The van der Waals surface area contributed by atoms with Gasteiger partial charge in [0.15, 0.2) is 5.82 Å². The zero-order valence-corrected chi connectivity index (χ0v) is 19.6. The van der Waals surface area contributed by atoms with Gasteiger partial charge >= 0.3 is 10.2 Å². The van der Waals surface area contributed by atoms with E-state index in [-0.39, 0.29) is 29.7 Å². The van der Waals surface area contributed by atoms with Gasteiger partial charge in [-0.15, -0.1) is 4.40 Å². The minimum atomic E-state index is -4.07. The lowest BCUT2D eigenvalue weighted by Gasteiger charge is -2.23. The maximum absolute atomic E-state index is 13.0. The predicted molar refractivity (Wildman–Crippen MR) is 124 cm³/mol. The van der Waals surface area contributed by atoms with Crippen LogP contribution in [0.25, 0.3) is 0 Å². The number of hydrogen-bond donors (Lipinski definition) is 1. The Morgan fingerprint density at radius 3 is 2.42 bits per heavy atom. The molecule has 2 aliphatic heterocycles. The Hall–Kier alpha value is -3.47. The van der Waals surface area contributed by atoms with E-state index in [0.29, 0.717) is 11.3 Å². The number of benzene rings is 1. The van der Waals surface area contributed by atoms with Crippen LogP contribution in [0.5, 0.6) is 0 Å². The molecule has 0 saturated carbocycles. The Balaban J connectivity index is 1.54. The molecule has 0 radical (unpaired) electrons. The zero-order valence-electron chi connectivity index (χ0n) is 18.8. The molecule has 2 aromatic rings. The number of likely N-dealkylation sites (tertiary alicyclic amines) is 1. The SMILES string of the molecule is Cc1ccc(C2=NS(=O)(=O)N(C)C(C(=O)Nc3cc(C)n(CC(=O)N4CCCC4)n3)=C2)cc1. The van der Waals surface area contributed by atoms with Crippen LogP contribution in [-0.2, 0) is 26.3 Å². The second-order valence-electron chi connectivity index (χ2n) is 8.19. The van der Waals surface area contributed by atoms with Gasteiger partial charge in [-0.05, 0) is 32.8 Å². The number of aromatic nitrogens is 2. The number of aryl methyl sites for hydroxylation is 2. The van der Waals surface area contributed by atoms with Crippen LogP contribution < -0.4 is 5.32 Å². The van der Waals surface area contributed by atoms with Crippen LogP contribution in [0.1, 0.15) is 29.7 Å². The van der Waals surface area contributed by atoms with E-state index in [4.69, 9.17) is 0 Å². The highest BCUT2D eigenvalue weighted by Gasteiger charge is 2.30. The molecule has 11 heteroatoms. The van der Waals surface area contributed by atoms with Gasteiger partial charge in [0.25, 0.3) is 5.91 Å². The maximum atomic E-state index is 13.0. The lowest BCUT2D eigenvalue weighted by molar-refractivity contribution is -0.131. The summed E-state index contributed by atoms with van der Waals surface area (Å²) in [7, 11) is -2.79. The molecule has 1 aromatic heterocycles. The van der Waals surface area contributed by atoms with Crippen molar-refractivity contribution in [2.24, 2.45) is 4.40 Å². The largest absolute Gasteiger partial charge is 0.345 e. The van der Waals surface area contributed by atoms with Crippen LogP contribution in [0.4, 0.5) is 5.82 Å². The number of hydrogen-bond acceptors (Lipinski definition) is 5. The second-order valence-corrected chi connectivity index (χ2v) is 9.81. The van der Waals surface area contributed by atoms with Crippen molar-refractivity contribution in [3.8, 4) is 0 Å². The average Bonchev–Trinajstić information content (AvgIpc) is 3.41. The van der Waals surface area contributed by atoms with Crippen molar-refractivity contribution in [1.29, 1.82) is 0 Å². The first-order valence-electron chi connectivity index (χ1n) is 10.7. The molecule has 3 heterocycles. The summed E-state index contributed by atoms with van der Waals surface area (Å²) in [6.45, 7) is 5.30. The number of carbonyl (C=O) groups is 2. The van der Waals surface area contributed by atoms with Crippen molar-refractivity contribution in [2.45, 2.75) is 33.2 Å². The Morgan fingerprint density at radius 2 is 1.76 bits per heavy atom. The molecule has 0 unspecified atom stereocenters. The van der Waals surface area contributed by atoms with Gasteiger partial charge in [-0.25, -0.2) is 4.31 Å². The Bertz CT molecular complexity index is 1250. The molecule has 0 bridgehead atoms. The molecule has 0 atom stereocenters. The number of nitrogens with zero attached hydrogens (tertiary/aromatic N) is 5. The van der Waals surface area contributed by atoms with Gasteiger partial charge in [0.05, 0.1) is 5.71 Å². The van der Waals surface area contributed by atoms with Crippen molar-refractivity contribution >= 4 is 33.6 Å². The molecule has 174 valence electrons. The quantitative estimate of drug-likeness (QED) is 0.713. The number of nitrogens with one attached hydrogen (secondary N) is 1. The fourth-order valence-electron chi connectivity index (χ4n) is 3.73. The van der Waals surface area contributed by atoms with Crippen LogP contribution >= 0.6 is 0 Å². The monoisotopic (exact) mass is 470 g/mol. The van der Waals surface area contributed by atoms with E-state index in [1.54, 1.807) is 30.0 Å². The second kappa shape index (κ2) is 8.81. The summed E-state index contributed by atoms with van der Waals surface area (Å²) in [5, 5.41) is 6.96. The third-order valence-electron chi connectivity index (χ3n) is 5.72. The van der Waals surface area contributed by atoms with Gasteiger partial charge in [-0.1, -0.05) is 29.8 Å². The average molecular weight is 471 g/mol. The highest BCUT2D eigenvalue weighted by molar-refractivity contribution is 7.88. The molecule has 0 spiro atoms. The third-order valence-corrected chi connectivity index (χ3v) is 7.04. The number of allylic oxidation sites excluding steroid dienone is 1. The highest BCUT2D eigenvalue weighted by Crippen LogP contribution is 2.21. The van der Waals surface area contributed by atoms with E-state index < -0.39 is 16.1 Å². The molecule has 1 aromatic carbocycles. The van der Waals surface area contributed by atoms with Gasteiger partial charge < -0.3 is 10.2 Å². The summed E-state index contributed by atoms with van der Waals surface area (Å²) in [6.07, 6.45) is 3.44. The van der Waals surface area contributed by atoms with E-state index in [0.717, 1.165) is 35.8 Å². The van der Waals surface area contributed by atoms with E-state index in [1.165, 1.54) is 17.8 Å². The normalized spacial score (nSPS) is 17.5. The van der Waals surface area contributed by atoms with Crippen molar-refractivity contribution in [2.75, 3.05) is 25.5 Å². The number of likely N-dealkylation sites (N-methyl/N-ethyl adjacent to an activating group) is 1. The van der Waals surface area contributed by atoms with Crippen LogP contribution in [-0.4, -0.2) is 65.1 Å². The standard InChI is InChI=1S/C22H26N6O4S/c1-15-6-8-17(9-7-15)18-13-19(26(3)33(31,32)25-18)22(30)23-20-12-16(2)28(24-20)14-21(29)27-10-4-5-11-27/h6-9,12-13H,4-5,10-11,14H2,1-3H3,(H,23,24,30). The lowest BCUT2D eigenvalue weighted by Crippen LogP contribution is -2.35. The Kier molecular flexibility index (Phi) is 6.07. The first kappa shape index (κ1) is 22.7. The summed E-state index contributed by atoms with van der Waals surface area (Å²) < 4.78 is 31.3. The fraction of sp³-hybridized carbons (Fsp3) is 0.364. The zero-order chi connectivity index (χ0) is 23.8. The number of rotatable bonds is 5. The lowest BCUT2D eigenvalue weighted by atomic mass is 10.1. The van der Waals surface area contributed by atoms with Crippen molar-refractivity contribution in [3.63, 3.8) is 0 Å². The Morgan fingerprint density at radius 1 is 1.09 bits per heavy atom. The summed E-state index contributed by atoms with van der Waals surface area (Å²) in [6, 6.07) is 8.83. The molecule has 2 aliphatic rings. The summed E-state index contributed by atoms with van der Waals surface area (Å²) in [4.78, 5) is 27.2. The van der Waals surface area contributed by atoms with Crippen LogP contribution in [0.2, 0.25) is 0 Å². The van der Waals surface area contributed by atoms with Crippen molar-refractivity contribution in [1.82, 2.24) is 19.0 Å². The molecular weight excluding hydrogens is 444 g/mol. The van der Waals surface area contributed by atoms with E-state index in [2.05, 4.69) is 14.8 Å². The topological polar surface area (TPSA) is 117 Å². The van der Waals surface area contributed by atoms with Crippen LogP contribution in [0, 0.1) is 13.8 Å². The first-order valence-corrected chi connectivity index (χ1v) is 12.0. The highest BCUT2D eigenvalue weighted by atomic mass is 32.2. The van der Waals surface area contributed by atoms with E-state index >= 15 is 0 Å². The molecule has 4 rings (SSSR count). The molecule has 1 saturated heterocycles. The van der Waals surface area contributed by atoms with Crippen LogP contribution in [0.3, 0.4) is 0 Å².